The molecule has 0 radical (unpaired) electrons. The number of amides is 1. The van der Waals surface area contributed by atoms with E-state index in [0.717, 1.165) is 32.8 Å². The van der Waals surface area contributed by atoms with Gasteiger partial charge in [-0.3, -0.25) is 4.79 Å². The van der Waals surface area contributed by atoms with Crippen LogP contribution < -0.4 is 5.32 Å². The maximum atomic E-state index is 12.4. The van der Waals surface area contributed by atoms with Crippen molar-refractivity contribution >= 4 is 34.3 Å². The van der Waals surface area contributed by atoms with Crippen LogP contribution in [-0.4, -0.2) is 20.4 Å². The maximum Gasteiger partial charge on any atom is 0.230 e. The van der Waals surface area contributed by atoms with Crippen LogP contribution in [0.25, 0.3) is 16.4 Å². The molecule has 0 spiro atoms. The van der Waals surface area contributed by atoms with Crippen molar-refractivity contribution in [2.24, 2.45) is 0 Å². The van der Waals surface area contributed by atoms with E-state index in [1.807, 2.05) is 71.0 Å². The number of carbonyl (C=O) groups is 1. The molecule has 7 heteroatoms. The second kappa shape index (κ2) is 7.23. The summed E-state index contributed by atoms with van der Waals surface area (Å²) in [6.07, 6.45) is 4.13. The third-order valence-corrected chi connectivity index (χ3v) is 5.44. The van der Waals surface area contributed by atoms with Crippen LogP contribution in [0.15, 0.2) is 59.6 Å². The van der Waals surface area contributed by atoms with Gasteiger partial charge in [0.05, 0.1) is 22.8 Å². The van der Waals surface area contributed by atoms with E-state index in [1.165, 1.54) is 11.3 Å². The summed E-state index contributed by atoms with van der Waals surface area (Å²) >= 11 is 3.14. The molecular weight excluding hydrogens is 364 g/mol. The van der Waals surface area contributed by atoms with Gasteiger partial charge in [-0.2, -0.15) is 0 Å². The van der Waals surface area contributed by atoms with E-state index >= 15 is 0 Å². The van der Waals surface area contributed by atoms with Crippen LogP contribution in [0.4, 0.5) is 5.69 Å². The van der Waals surface area contributed by atoms with Gasteiger partial charge < -0.3 is 9.88 Å². The van der Waals surface area contributed by atoms with E-state index in [0.29, 0.717) is 0 Å². The molecule has 0 saturated carbocycles. The third kappa shape index (κ3) is 3.74. The number of nitrogens with zero attached hydrogens (tertiary/aromatic N) is 3. The average molecular weight is 380 g/mol. The summed E-state index contributed by atoms with van der Waals surface area (Å²) in [5, 5.41) is 8.77. The van der Waals surface area contributed by atoms with Gasteiger partial charge in [0.2, 0.25) is 5.91 Å². The molecule has 0 aliphatic heterocycles. The zero-order valence-corrected chi connectivity index (χ0v) is 15.7. The van der Waals surface area contributed by atoms with Crippen LogP contribution >= 0.6 is 22.7 Å². The summed E-state index contributed by atoms with van der Waals surface area (Å²) in [6.45, 7) is 1.98. The van der Waals surface area contributed by atoms with Gasteiger partial charge in [-0.1, -0.05) is 12.1 Å². The van der Waals surface area contributed by atoms with E-state index in [4.69, 9.17) is 0 Å². The zero-order valence-electron chi connectivity index (χ0n) is 14.0. The van der Waals surface area contributed by atoms with Crippen LogP contribution in [0.1, 0.15) is 10.7 Å². The number of anilines is 1. The first-order valence-electron chi connectivity index (χ1n) is 8.07. The van der Waals surface area contributed by atoms with Gasteiger partial charge in [-0.15, -0.1) is 22.7 Å². The summed E-state index contributed by atoms with van der Waals surface area (Å²) in [5.41, 5.74) is 3.46. The Morgan fingerprint density at radius 3 is 2.73 bits per heavy atom. The first-order valence-corrected chi connectivity index (χ1v) is 9.83. The van der Waals surface area contributed by atoms with Gasteiger partial charge in [-0.05, 0) is 31.2 Å². The SMILES string of the molecule is Cc1nc(-c2cccc(NC(=O)Cc3csc(-n4cccc4)n3)c2)cs1. The molecular formula is C19H16N4OS2. The summed E-state index contributed by atoms with van der Waals surface area (Å²) < 4.78 is 1.94. The summed E-state index contributed by atoms with van der Waals surface area (Å²) in [5.74, 6) is -0.0824. The minimum atomic E-state index is -0.0824. The molecule has 1 aromatic carbocycles. The molecule has 130 valence electrons. The molecule has 0 fully saturated rings. The fraction of sp³-hybridized carbons (Fsp3) is 0.105. The Balaban J connectivity index is 1.44. The smallest absolute Gasteiger partial charge is 0.230 e. The number of aryl methyl sites for hydroxylation is 1. The number of nitrogens with one attached hydrogen (secondary N) is 1. The van der Waals surface area contributed by atoms with Crippen LogP contribution in [0.2, 0.25) is 0 Å². The van der Waals surface area contributed by atoms with Crippen molar-refractivity contribution in [3.05, 3.63) is 70.3 Å². The van der Waals surface area contributed by atoms with Crippen molar-refractivity contribution < 1.29 is 4.79 Å². The summed E-state index contributed by atoms with van der Waals surface area (Å²) in [7, 11) is 0. The minimum Gasteiger partial charge on any atom is -0.326 e. The monoisotopic (exact) mass is 380 g/mol. The highest BCUT2D eigenvalue weighted by Crippen LogP contribution is 2.24. The molecule has 26 heavy (non-hydrogen) atoms. The van der Waals surface area contributed by atoms with Gasteiger partial charge in [0.15, 0.2) is 5.13 Å². The summed E-state index contributed by atoms with van der Waals surface area (Å²) in [4.78, 5) is 21.4. The van der Waals surface area contributed by atoms with Gasteiger partial charge in [0, 0.05) is 34.4 Å². The van der Waals surface area contributed by atoms with Gasteiger partial charge >= 0.3 is 0 Å². The molecule has 0 unspecified atom stereocenters. The Kier molecular flexibility index (Phi) is 4.64. The Morgan fingerprint density at radius 2 is 1.96 bits per heavy atom. The second-order valence-electron chi connectivity index (χ2n) is 5.77. The molecule has 0 saturated heterocycles. The highest BCUT2D eigenvalue weighted by Gasteiger charge is 2.10. The number of benzene rings is 1. The van der Waals surface area contributed by atoms with E-state index in [1.54, 1.807) is 11.3 Å². The number of aromatic nitrogens is 3. The molecule has 4 aromatic rings. The van der Waals surface area contributed by atoms with Crippen LogP contribution in [0.3, 0.4) is 0 Å². The topological polar surface area (TPSA) is 59.8 Å². The number of rotatable bonds is 5. The molecule has 1 N–H and O–H groups in total. The quantitative estimate of drug-likeness (QED) is 0.553. The largest absolute Gasteiger partial charge is 0.326 e. The fourth-order valence-electron chi connectivity index (χ4n) is 2.58. The van der Waals surface area contributed by atoms with Crippen LogP contribution in [0, 0.1) is 6.92 Å². The summed E-state index contributed by atoms with van der Waals surface area (Å²) in [6, 6.07) is 11.6. The van der Waals surface area contributed by atoms with Crippen molar-refractivity contribution in [1.82, 2.24) is 14.5 Å². The first-order chi connectivity index (χ1) is 12.7. The predicted octanol–water partition coefficient (Wildman–Crippen LogP) is 4.55. The highest BCUT2D eigenvalue weighted by molar-refractivity contribution is 7.12. The Hall–Kier alpha value is -2.77. The predicted molar refractivity (Wildman–Crippen MR) is 106 cm³/mol. The maximum absolute atomic E-state index is 12.4. The van der Waals surface area contributed by atoms with Crippen LogP contribution in [0.5, 0.6) is 0 Å². The number of thiazole rings is 2. The van der Waals surface area contributed by atoms with E-state index in [9.17, 15) is 4.79 Å². The fourth-order valence-corrected chi connectivity index (χ4v) is 3.99. The lowest BCUT2D eigenvalue weighted by atomic mass is 10.1. The Labute approximate surface area is 159 Å². The van der Waals surface area contributed by atoms with Crippen molar-refractivity contribution in [2.45, 2.75) is 13.3 Å². The number of carbonyl (C=O) groups excluding carboxylic acids is 1. The second-order valence-corrected chi connectivity index (χ2v) is 7.67. The van der Waals surface area contributed by atoms with Crippen molar-refractivity contribution in [3.63, 3.8) is 0 Å². The van der Waals surface area contributed by atoms with Gasteiger partial charge in [-0.25, -0.2) is 9.97 Å². The highest BCUT2D eigenvalue weighted by atomic mass is 32.1. The Morgan fingerprint density at radius 1 is 1.12 bits per heavy atom. The van der Waals surface area contributed by atoms with Crippen molar-refractivity contribution in [2.75, 3.05) is 5.32 Å². The van der Waals surface area contributed by atoms with Gasteiger partial charge in [0.25, 0.3) is 0 Å². The molecule has 3 heterocycles. The van der Waals surface area contributed by atoms with Crippen molar-refractivity contribution in [3.8, 4) is 16.4 Å². The molecule has 5 nitrogen and oxygen atoms in total. The lowest BCUT2D eigenvalue weighted by Crippen LogP contribution is -2.14. The molecule has 0 aliphatic rings. The van der Waals surface area contributed by atoms with E-state index in [2.05, 4.69) is 15.3 Å². The molecule has 0 atom stereocenters. The molecule has 1 amide bonds. The zero-order chi connectivity index (χ0) is 17.9. The number of hydrogen-bond acceptors (Lipinski definition) is 5. The lowest BCUT2D eigenvalue weighted by Gasteiger charge is -2.06. The lowest BCUT2D eigenvalue weighted by molar-refractivity contribution is -0.115. The van der Waals surface area contributed by atoms with Gasteiger partial charge in [0.1, 0.15) is 0 Å². The molecule has 0 aliphatic carbocycles. The normalized spacial score (nSPS) is 10.8. The molecule has 3 aromatic heterocycles. The average Bonchev–Trinajstić information content (AvgIpc) is 3.35. The Bertz CT molecular complexity index is 1030. The van der Waals surface area contributed by atoms with Crippen molar-refractivity contribution in [1.29, 1.82) is 0 Å². The van der Waals surface area contributed by atoms with Crippen LogP contribution in [-0.2, 0) is 11.2 Å². The first kappa shape index (κ1) is 16.7. The molecule has 0 bridgehead atoms. The minimum absolute atomic E-state index is 0.0824. The van der Waals surface area contributed by atoms with E-state index in [-0.39, 0.29) is 12.3 Å². The standard InChI is InChI=1S/C19H16N4OS2/c1-13-20-17(12-25-13)14-5-4-6-15(9-14)21-18(24)10-16-11-26-19(22-16)23-7-2-3-8-23/h2-9,11-12H,10H2,1H3,(H,21,24). The molecule has 4 rings (SSSR count). The number of hydrogen-bond donors (Lipinski definition) is 1. The van der Waals surface area contributed by atoms with E-state index < -0.39 is 0 Å². The third-order valence-electron chi connectivity index (χ3n) is 3.77.